The summed E-state index contributed by atoms with van der Waals surface area (Å²) in [6, 6.07) is 15.4. The second kappa shape index (κ2) is 5.09. The Morgan fingerprint density at radius 1 is 1.00 bits per heavy atom. The monoisotopic (exact) mass is 263 g/mol. The molecule has 4 heteroatoms. The standard InChI is InChI=1S/C16H13N3O/c1-12-2-8-15(9-3-12)19-10-16(17-18-19)14-6-4-13(11-20)5-7-14/h2-11H,1H3. The number of hydrogen-bond acceptors (Lipinski definition) is 3. The van der Waals surface area contributed by atoms with Crippen LogP contribution in [0.5, 0.6) is 0 Å². The third kappa shape index (κ3) is 2.36. The van der Waals surface area contributed by atoms with E-state index in [1.807, 2.05) is 49.5 Å². The molecule has 0 aliphatic rings. The number of carbonyl (C=O) groups excluding carboxylic acids is 1. The first-order chi connectivity index (χ1) is 9.76. The number of aryl methyl sites for hydroxylation is 1. The molecule has 0 radical (unpaired) electrons. The highest BCUT2D eigenvalue weighted by Gasteiger charge is 2.05. The maximum atomic E-state index is 10.6. The molecule has 1 aromatic heterocycles. The Kier molecular flexibility index (Phi) is 3.13. The van der Waals surface area contributed by atoms with Crippen LogP contribution in [-0.2, 0) is 0 Å². The van der Waals surface area contributed by atoms with Crippen molar-refractivity contribution in [2.75, 3.05) is 0 Å². The second-order valence-corrected chi connectivity index (χ2v) is 4.62. The molecule has 0 spiro atoms. The number of rotatable bonds is 3. The van der Waals surface area contributed by atoms with Crippen molar-refractivity contribution in [3.05, 3.63) is 65.9 Å². The van der Waals surface area contributed by atoms with Crippen LogP contribution in [0.1, 0.15) is 15.9 Å². The van der Waals surface area contributed by atoms with Gasteiger partial charge in [0.05, 0.1) is 11.9 Å². The zero-order chi connectivity index (χ0) is 13.9. The fourth-order valence-electron chi connectivity index (χ4n) is 1.95. The molecule has 3 aromatic rings. The smallest absolute Gasteiger partial charge is 0.150 e. The summed E-state index contributed by atoms with van der Waals surface area (Å²) in [5.41, 5.74) is 4.55. The van der Waals surface area contributed by atoms with Gasteiger partial charge < -0.3 is 0 Å². The van der Waals surface area contributed by atoms with E-state index in [2.05, 4.69) is 10.3 Å². The van der Waals surface area contributed by atoms with Crippen LogP contribution in [0.4, 0.5) is 0 Å². The van der Waals surface area contributed by atoms with Crippen molar-refractivity contribution in [2.45, 2.75) is 6.92 Å². The topological polar surface area (TPSA) is 47.8 Å². The Hall–Kier alpha value is -2.75. The fourth-order valence-corrected chi connectivity index (χ4v) is 1.95. The van der Waals surface area contributed by atoms with Crippen LogP contribution in [0.3, 0.4) is 0 Å². The van der Waals surface area contributed by atoms with Gasteiger partial charge in [-0.2, -0.15) is 0 Å². The van der Waals surface area contributed by atoms with E-state index >= 15 is 0 Å². The molecule has 0 fully saturated rings. The average Bonchev–Trinajstić information content (AvgIpc) is 2.98. The molecule has 3 rings (SSSR count). The Labute approximate surface area is 116 Å². The van der Waals surface area contributed by atoms with Crippen LogP contribution in [0.15, 0.2) is 54.7 Å². The molecule has 4 nitrogen and oxygen atoms in total. The minimum Gasteiger partial charge on any atom is -0.298 e. The Morgan fingerprint density at radius 2 is 1.70 bits per heavy atom. The average molecular weight is 263 g/mol. The summed E-state index contributed by atoms with van der Waals surface area (Å²) in [5, 5.41) is 8.30. The lowest BCUT2D eigenvalue weighted by Gasteiger charge is -1.99. The van der Waals surface area contributed by atoms with E-state index in [4.69, 9.17) is 0 Å². The summed E-state index contributed by atoms with van der Waals surface area (Å²) in [4.78, 5) is 10.6. The van der Waals surface area contributed by atoms with E-state index in [9.17, 15) is 4.79 Å². The SMILES string of the molecule is Cc1ccc(-n2cc(-c3ccc(C=O)cc3)nn2)cc1. The molecule has 0 aliphatic carbocycles. The Balaban J connectivity index is 1.92. The normalized spacial score (nSPS) is 10.4. The quantitative estimate of drug-likeness (QED) is 0.682. The zero-order valence-electron chi connectivity index (χ0n) is 11.0. The first-order valence-electron chi connectivity index (χ1n) is 6.31. The zero-order valence-corrected chi connectivity index (χ0v) is 11.0. The first-order valence-corrected chi connectivity index (χ1v) is 6.31. The predicted molar refractivity (Wildman–Crippen MR) is 76.9 cm³/mol. The largest absolute Gasteiger partial charge is 0.298 e. The summed E-state index contributed by atoms with van der Waals surface area (Å²) in [5.74, 6) is 0. The van der Waals surface area contributed by atoms with Gasteiger partial charge in [-0.25, -0.2) is 4.68 Å². The van der Waals surface area contributed by atoms with Crippen LogP contribution < -0.4 is 0 Å². The van der Waals surface area contributed by atoms with E-state index in [1.54, 1.807) is 16.8 Å². The van der Waals surface area contributed by atoms with Crippen LogP contribution in [0, 0.1) is 6.92 Å². The van der Waals surface area contributed by atoms with E-state index in [0.717, 1.165) is 23.2 Å². The van der Waals surface area contributed by atoms with Crippen molar-refractivity contribution in [1.29, 1.82) is 0 Å². The lowest BCUT2D eigenvalue weighted by Crippen LogP contribution is -1.94. The molecule has 0 N–H and O–H groups in total. The summed E-state index contributed by atoms with van der Waals surface area (Å²) >= 11 is 0. The molecule has 0 unspecified atom stereocenters. The van der Waals surface area contributed by atoms with Gasteiger partial charge in [0.2, 0.25) is 0 Å². The number of aldehydes is 1. The van der Waals surface area contributed by atoms with Gasteiger partial charge in [0.15, 0.2) is 0 Å². The Bertz CT molecular complexity index is 727. The van der Waals surface area contributed by atoms with Crippen molar-refractivity contribution in [3.8, 4) is 16.9 Å². The highest BCUT2D eigenvalue weighted by molar-refractivity contribution is 5.76. The number of aromatic nitrogens is 3. The van der Waals surface area contributed by atoms with E-state index in [1.165, 1.54) is 5.56 Å². The van der Waals surface area contributed by atoms with Gasteiger partial charge in [0, 0.05) is 11.1 Å². The summed E-state index contributed by atoms with van der Waals surface area (Å²) in [6.45, 7) is 2.05. The molecule has 2 aromatic carbocycles. The number of benzene rings is 2. The molecule has 0 bridgehead atoms. The molecular weight excluding hydrogens is 250 g/mol. The maximum Gasteiger partial charge on any atom is 0.150 e. The van der Waals surface area contributed by atoms with E-state index < -0.39 is 0 Å². The third-order valence-electron chi connectivity index (χ3n) is 3.13. The fraction of sp³-hybridized carbons (Fsp3) is 0.0625. The van der Waals surface area contributed by atoms with Crippen molar-refractivity contribution in [1.82, 2.24) is 15.0 Å². The van der Waals surface area contributed by atoms with Gasteiger partial charge in [0.1, 0.15) is 12.0 Å². The highest BCUT2D eigenvalue weighted by atomic mass is 16.1. The molecule has 0 atom stereocenters. The lowest BCUT2D eigenvalue weighted by molar-refractivity contribution is 0.112. The minimum absolute atomic E-state index is 0.652. The van der Waals surface area contributed by atoms with Gasteiger partial charge in [-0.05, 0) is 19.1 Å². The maximum absolute atomic E-state index is 10.6. The molecule has 0 aliphatic heterocycles. The van der Waals surface area contributed by atoms with Crippen molar-refractivity contribution >= 4 is 6.29 Å². The summed E-state index contributed by atoms with van der Waals surface area (Å²) in [6.07, 6.45) is 2.70. The van der Waals surface area contributed by atoms with Crippen LogP contribution in [0.25, 0.3) is 16.9 Å². The van der Waals surface area contributed by atoms with Crippen LogP contribution >= 0.6 is 0 Å². The van der Waals surface area contributed by atoms with Gasteiger partial charge in [-0.15, -0.1) is 5.10 Å². The lowest BCUT2D eigenvalue weighted by atomic mass is 10.1. The van der Waals surface area contributed by atoms with Crippen LogP contribution in [0.2, 0.25) is 0 Å². The Morgan fingerprint density at radius 3 is 2.35 bits per heavy atom. The van der Waals surface area contributed by atoms with Crippen molar-refractivity contribution in [2.24, 2.45) is 0 Å². The van der Waals surface area contributed by atoms with Gasteiger partial charge in [0.25, 0.3) is 0 Å². The molecule has 0 saturated carbocycles. The number of carbonyl (C=O) groups is 1. The molecule has 0 amide bonds. The predicted octanol–water partition coefficient (Wildman–Crippen LogP) is 3.06. The van der Waals surface area contributed by atoms with E-state index in [0.29, 0.717) is 5.56 Å². The van der Waals surface area contributed by atoms with Crippen molar-refractivity contribution in [3.63, 3.8) is 0 Å². The van der Waals surface area contributed by atoms with Gasteiger partial charge >= 0.3 is 0 Å². The molecule has 20 heavy (non-hydrogen) atoms. The van der Waals surface area contributed by atoms with E-state index in [-0.39, 0.29) is 0 Å². The molecule has 1 heterocycles. The molecule has 98 valence electrons. The highest BCUT2D eigenvalue weighted by Crippen LogP contribution is 2.18. The van der Waals surface area contributed by atoms with Gasteiger partial charge in [-0.3, -0.25) is 4.79 Å². The number of nitrogens with zero attached hydrogens (tertiary/aromatic N) is 3. The molecular formula is C16H13N3O. The molecule has 0 saturated heterocycles. The summed E-state index contributed by atoms with van der Waals surface area (Å²) < 4.78 is 1.74. The minimum atomic E-state index is 0.652. The van der Waals surface area contributed by atoms with Gasteiger partial charge in [-0.1, -0.05) is 47.2 Å². The summed E-state index contributed by atoms with van der Waals surface area (Å²) in [7, 11) is 0. The number of hydrogen-bond donors (Lipinski definition) is 0. The third-order valence-corrected chi connectivity index (χ3v) is 3.13. The van der Waals surface area contributed by atoms with Crippen molar-refractivity contribution < 1.29 is 4.79 Å². The first kappa shape index (κ1) is 12.3. The second-order valence-electron chi connectivity index (χ2n) is 4.62. The van der Waals surface area contributed by atoms with Crippen LogP contribution in [-0.4, -0.2) is 21.3 Å².